The molecule has 0 aliphatic rings. The molecule has 1 unspecified atom stereocenters. The summed E-state index contributed by atoms with van der Waals surface area (Å²) in [5.74, 6) is 0. The summed E-state index contributed by atoms with van der Waals surface area (Å²) in [5, 5.41) is 15.9. The number of nitrogens with one attached hydrogen (secondary N) is 1. The van der Waals surface area contributed by atoms with Gasteiger partial charge in [0.2, 0.25) is 0 Å². The molecule has 0 radical (unpaired) electrons. The van der Waals surface area contributed by atoms with Crippen LogP contribution >= 0.6 is 22.7 Å². The van der Waals surface area contributed by atoms with Crippen molar-refractivity contribution in [3.8, 4) is 0 Å². The van der Waals surface area contributed by atoms with E-state index >= 15 is 0 Å². The normalized spacial score (nSPS) is 12.9. The third kappa shape index (κ3) is 3.32. The Morgan fingerprint density at radius 3 is 2.76 bits per heavy atom. The average molecular weight is 318 g/mol. The van der Waals surface area contributed by atoms with Gasteiger partial charge in [-0.2, -0.15) is 0 Å². The highest BCUT2D eigenvalue weighted by atomic mass is 32.1. The highest BCUT2D eigenvalue weighted by Gasteiger charge is 2.12. The van der Waals surface area contributed by atoms with Gasteiger partial charge in [-0.25, -0.2) is 4.98 Å². The zero-order valence-corrected chi connectivity index (χ0v) is 13.7. The summed E-state index contributed by atoms with van der Waals surface area (Å²) in [6.45, 7) is 5.37. The van der Waals surface area contributed by atoms with Crippen LogP contribution in [0.25, 0.3) is 10.1 Å². The molecule has 5 heteroatoms. The van der Waals surface area contributed by atoms with Crippen molar-refractivity contribution >= 4 is 32.8 Å². The van der Waals surface area contributed by atoms with E-state index in [4.69, 9.17) is 0 Å². The lowest BCUT2D eigenvalue weighted by atomic mass is 10.2. The summed E-state index contributed by atoms with van der Waals surface area (Å²) >= 11 is 3.37. The Hall–Kier alpha value is -1.27. The minimum absolute atomic E-state index is 0.461. The van der Waals surface area contributed by atoms with Crippen LogP contribution in [0.15, 0.2) is 30.3 Å². The molecule has 3 nitrogen and oxygen atoms in total. The molecule has 21 heavy (non-hydrogen) atoms. The van der Waals surface area contributed by atoms with Gasteiger partial charge in [-0.3, -0.25) is 0 Å². The fourth-order valence-electron chi connectivity index (χ4n) is 2.33. The number of hydrogen-bond acceptors (Lipinski definition) is 5. The summed E-state index contributed by atoms with van der Waals surface area (Å²) in [6.07, 6.45) is -0.461. The highest BCUT2D eigenvalue weighted by Crippen LogP contribution is 2.29. The van der Waals surface area contributed by atoms with Crippen LogP contribution in [0, 0.1) is 13.8 Å². The number of aromatic nitrogens is 1. The largest absolute Gasteiger partial charge is 0.386 e. The second-order valence-corrected chi connectivity index (χ2v) is 7.48. The molecular formula is C16H18N2OS2. The molecule has 2 aromatic heterocycles. The molecule has 1 aromatic carbocycles. The maximum Gasteiger partial charge on any atom is 0.101 e. The molecule has 0 aliphatic heterocycles. The first-order chi connectivity index (χ1) is 10.1. The quantitative estimate of drug-likeness (QED) is 0.752. The van der Waals surface area contributed by atoms with Crippen LogP contribution in [0.3, 0.4) is 0 Å². The van der Waals surface area contributed by atoms with E-state index < -0.39 is 6.10 Å². The van der Waals surface area contributed by atoms with Crippen molar-refractivity contribution < 1.29 is 5.11 Å². The van der Waals surface area contributed by atoms with Gasteiger partial charge in [-0.05, 0) is 31.4 Å². The molecule has 110 valence electrons. The summed E-state index contributed by atoms with van der Waals surface area (Å²) in [4.78, 5) is 6.67. The molecule has 0 saturated heterocycles. The third-order valence-electron chi connectivity index (χ3n) is 3.40. The van der Waals surface area contributed by atoms with Gasteiger partial charge in [0.25, 0.3) is 0 Å². The number of thiazole rings is 1. The molecule has 0 amide bonds. The van der Waals surface area contributed by atoms with Crippen LogP contribution in [-0.4, -0.2) is 16.6 Å². The Labute approximate surface area is 132 Å². The molecule has 0 spiro atoms. The second kappa shape index (κ2) is 6.23. The Morgan fingerprint density at radius 1 is 1.24 bits per heavy atom. The van der Waals surface area contributed by atoms with E-state index in [9.17, 15) is 5.11 Å². The van der Waals surface area contributed by atoms with E-state index in [1.54, 1.807) is 22.7 Å². The number of benzene rings is 1. The molecule has 0 saturated carbocycles. The summed E-state index contributed by atoms with van der Waals surface area (Å²) < 4.78 is 1.22. The number of nitrogens with zero attached hydrogens (tertiary/aromatic N) is 1. The van der Waals surface area contributed by atoms with E-state index in [0.717, 1.165) is 22.1 Å². The lowest BCUT2D eigenvalue weighted by Crippen LogP contribution is -2.20. The summed E-state index contributed by atoms with van der Waals surface area (Å²) in [5.41, 5.74) is 1.08. The van der Waals surface area contributed by atoms with E-state index in [1.807, 2.05) is 26.0 Å². The second-order valence-electron chi connectivity index (χ2n) is 5.07. The molecule has 2 heterocycles. The molecule has 1 atom stereocenters. The van der Waals surface area contributed by atoms with Gasteiger partial charge in [-0.1, -0.05) is 18.2 Å². The molecular weight excluding hydrogens is 300 g/mol. The fourth-order valence-corrected chi connectivity index (χ4v) is 4.28. The lowest BCUT2D eigenvalue weighted by molar-refractivity contribution is 0.178. The van der Waals surface area contributed by atoms with Gasteiger partial charge in [0, 0.05) is 27.5 Å². The van der Waals surface area contributed by atoms with E-state index in [2.05, 4.69) is 28.5 Å². The molecule has 0 aliphatic carbocycles. The van der Waals surface area contributed by atoms with Crippen LogP contribution in [0.1, 0.15) is 26.6 Å². The van der Waals surface area contributed by atoms with Crippen LogP contribution < -0.4 is 5.32 Å². The lowest BCUT2D eigenvalue weighted by Gasteiger charge is -2.09. The first kappa shape index (κ1) is 14.7. The average Bonchev–Trinajstić information content (AvgIpc) is 3.02. The number of rotatable bonds is 5. The Balaban J connectivity index is 1.61. The Bertz CT molecular complexity index is 715. The van der Waals surface area contributed by atoms with Crippen molar-refractivity contribution in [2.24, 2.45) is 0 Å². The topological polar surface area (TPSA) is 45.2 Å². The van der Waals surface area contributed by atoms with Gasteiger partial charge >= 0.3 is 0 Å². The predicted octanol–water partition coefficient (Wildman–Crippen LogP) is 3.80. The first-order valence-corrected chi connectivity index (χ1v) is 8.57. The number of thiophene rings is 1. The monoisotopic (exact) mass is 318 g/mol. The van der Waals surface area contributed by atoms with Crippen molar-refractivity contribution in [1.82, 2.24) is 10.3 Å². The minimum Gasteiger partial charge on any atom is -0.386 e. The SMILES string of the molecule is Cc1nc(C)c(CNCC(O)c2cc3ccccc3s2)s1. The van der Waals surface area contributed by atoms with Crippen LogP contribution in [0.5, 0.6) is 0 Å². The standard InChI is InChI=1S/C16H18N2OS2/c1-10-16(20-11(2)18-10)9-17-8-13(19)15-7-12-5-3-4-6-14(12)21-15/h3-7,13,17,19H,8-9H2,1-2H3. The fraction of sp³-hybridized carbons (Fsp3) is 0.312. The van der Waals surface area contributed by atoms with Crippen LogP contribution in [0.4, 0.5) is 0 Å². The summed E-state index contributed by atoms with van der Waals surface area (Å²) in [7, 11) is 0. The van der Waals surface area contributed by atoms with E-state index in [-0.39, 0.29) is 0 Å². The Kier molecular flexibility index (Phi) is 4.35. The van der Waals surface area contributed by atoms with Crippen molar-refractivity contribution in [3.05, 3.63) is 50.8 Å². The van der Waals surface area contributed by atoms with Crippen molar-refractivity contribution in [3.63, 3.8) is 0 Å². The molecule has 2 N–H and O–H groups in total. The van der Waals surface area contributed by atoms with Gasteiger partial charge in [0.15, 0.2) is 0 Å². The Morgan fingerprint density at radius 2 is 2.05 bits per heavy atom. The smallest absolute Gasteiger partial charge is 0.101 e. The zero-order chi connectivity index (χ0) is 14.8. The minimum atomic E-state index is -0.461. The first-order valence-electron chi connectivity index (χ1n) is 6.93. The predicted molar refractivity (Wildman–Crippen MR) is 90.1 cm³/mol. The summed E-state index contributed by atoms with van der Waals surface area (Å²) in [6, 6.07) is 10.3. The van der Waals surface area contributed by atoms with Gasteiger partial charge < -0.3 is 10.4 Å². The van der Waals surface area contributed by atoms with E-state index in [1.165, 1.54) is 15.0 Å². The number of hydrogen-bond donors (Lipinski definition) is 2. The molecule has 3 aromatic rings. The number of fused-ring (bicyclic) bond motifs is 1. The van der Waals surface area contributed by atoms with E-state index in [0.29, 0.717) is 6.54 Å². The number of aliphatic hydroxyl groups excluding tert-OH is 1. The maximum atomic E-state index is 10.3. The van der Waals surface area contributed by atoms with Gasteiger partial charge in [-0.15, -0.1) is 22.7 Å². The zero-order valence-electron chi connectivity index (χ0n) is 12.1. The van der Waals surface area contributed by atoms with Crippen molar-refractivity contribution in [2.75, 3.05) is 6.54 Å². The molecule has 0 bridgehead atoms. The van der Waals surface area contributed by atoms with Crippen molar-refractivity contribution in [2.45, 2.75) is 26.5 Å². The maximum absolute atomic E-state index is 10.3. The van der Waals surface area contributed by atoms with Crippen LogP contribution in [0.2, 0.25) is 0 Å². The van der Waals surface area contributed by atoms with Crippen molar-refractivity contribution in [1.29, 1.82) is 0 Å². The van der Waals surface area contributed by atoms with Gasteiger partial charge in [0.05, 0.1) is 10.7 Å². The number of aryl methyl sites for hydroxylation is 2. The molecule has 0 fully saturated rings. The van der Waals surface area contributed by atoms with Gasteiger partial charge in [0.1, 0.15) is 6.10 Å². The number of aliphatic hydroxyl groups is 1. The third-order valence-corrected chi connectivity index (χ3v) is 5.69. The molecule has 3 rings (SSSR count). The van der Waals surface area contributed by atoms with Crippen LogP contribution in [-0.2, 0) is 6.54 Å². The highest BCUT2D eigenvalue weighted by molar-refractivity contribution is 7.19.